The van der Waals surface area contributed by atoms with Gasteiger partial charge in [-0.25, -0.2) is 4.98 Å². The van der Waals surface area contributed by atoms with Gasteiger partial charge in [-0.1, -0.05) is 0 Å². The Kier molecular flexibility index (Phi) is 5.11. The van der Waals surface area contributed by atoms with Gasteiger partial charge in [0.15, 0.2) is 0 Å². The van der Waals surface area contributed by atoms with Gasteiger partial charge in [-0.05, 0) is 58.2 Å². The molecular weight excluding hydrogens is 302 g/mol. The molecule has 1 unspecified atom stereocenters. The Morgan fingerprint density at radius 3 is 2.88 bits per heavy atom. The van der Waals surface area contributed by atoms with E-state index in [9.17, 15) is 0 Å². The summed E-state index contributed by atoms with van der Waals surface area (Å²) in [4.78, 5) is 4.92. The lowest BCUT2D eigenvalue weighted by Crippen LogP contribution is -2.30. The van der Waals surface area contributed by atoms with Crippen LogP contribution in [0.2, 0.25) is 0 Å². The van der Waals surface area contributed by atoms with E-state index in [-0.39, 0.29) is 6.10 Å². The van der Waals surface area contributed by atoms with Gasteiger partial charge in [0.1, 0.15) is 11.4 Å². The van der Waals surface area contributed by atoms with Crippen molar-refractivity contribution in [3.05, 3.63) is 24.0 Å². The topological polar surface area (TPSA) is 48.3 Å². The number of aromatic nitrogens is 2. The summed E-state index contributed by atoms with van der Waals surface area (Å²) in [5, 5.41) is 3.19. The highest BCUT2D eigenvalue weighted by atomic mass is 16.5. The zero-order valence-corrected chi connectivity index (χ0v) is 15.3. The van der Waals surface area contributed by atoms with Crippen LogP contribution < -0.4 is 5.32 Å². The summed E-state index contributed by atoms with van der Waals surface area (Å²) in [6, 6.07) is 6.33. The largest absolute Gasteiger partial charge is 0.388 e. The van der Waals surface area contributed by atoms with Crippen LogP contribution in [0.25, 0.3) is 11.0 Å². The lowest BCUT2D eigenvalue weighted by Gasteiger charge is -2.28. The predicted molar refractivity (Wildman–Crippen MR) is 97.5 cm³/mol. The van der Waals surface area contributed by atoms with Crippen LogP contribution in [-0.2, 0) is 21.6 Å². The quantitative estimate of drug-likeness (QED) is 0.871. The number of benzene rings is 1. The Morgan fingerprint density at radius 2 is 2.21 bits per heavy atom. The molecule has 1 aromatic heterocycles. The van der Waals surface area contributed by atoms with E-state index in [1.54, 1.807) is 0 Å². The van der Waals surface area contributed by atoms with E-state index < -0.39 is 5.60 Å². The van der Waals surface area contributed by atoms with Crippen LogP contribution in [-0.4, -0.2) is 35.9 Å². The Labute approximate surface area is 144 Å². The molecule has 1 aliphatic rings. The first-order valence-corrected chi connectivity index (χ1v) is 8.99. The van der Waals surface area contributed by atoms with Gasteiger partial charge in [0.05, 0.1) is 23.7 Å². The summed E-state index contributed by atoms with van der Waals surface area (Å²) in [7, 11) is 1.93. The van der Waals surface area contributed by atoms with Crippen molar-refractivity contribution >= 4 is 16.7 Å². The molecule has 5 nitrogen and oxygen atoms in total. The van der Waals surface area contributed by atoms with Gasteiger partial charge in [0.2, 0.25) is 0 Å². The predicted octanol–water partition coefficient (Wildman–Crippen LogP) is 3.92. The summed E-state index contributed by atoms with van der Waals surface area (Å²) >= 11 is 0. The number of hydrogen-bond donors (Lipinski definition) is 1. The van der Waals surface area contributed by atoms with Gasteiger partial charge in [0, 0.05) is 25.9 Å². The van der Waals surface area contributed by atoms with Gasteiger partial charge in [0.25, 0.3) is 0 Å². The van der Waals surface area contributed by atoms with Crippen molar-refractivity contribution in [2.24, 2.45) is 0 Å². The smallest absolute Gasteiger partial charge is 0.141 e. The Bertz CT molecular complexity index is 687. The molecule has 0 radical (unpaired) electrons. The van der Waals surface area contributed by atoms with E-state index in [1.165, 1.54) is 12.8 Å². The maximum Gasteiger partial charge on any atom is 0.141 e. The van der Waals surface area contributed by atoms with Crippen LogP contribution in [0, 0.1) is 0 Å². The molecular formula is C19H29N3O2. The van der Waals surface area contributed by atoms with Crippen molar-refractivity contribution < 1.29 is 9.47 Å². The van der Waals surface area contributed by atoms with Crippen LogP contribution in [0.1, 0.15) is 45.9 Å². The minimum absolute atomic E-state index is 0.260. The van der Waals surface area contributed by atoms with E-state index in [2.05, 4.69) is 41.9 Å². The number of imidazole rings is 1. The van der Waals surface area contributed by atoms with Gasteiger partial charge in [-0.15, -0.1) is 0 Å². The fourth-order valence-electron chi connectivity index (χ4n) is 3.51. The second-order valence-corrected chi connectivity index (χ2v) is 6.93. The molecule has 1 fully saturated rings. The first-order valence-electron chi connectivity index (χ1n) is 8.99. The fraction of sp³-hybridized carbons (Fsp3) is 0.632. The summed E-state index contributed by atoms with van der Waals surface area (Å²) in [5.41, 5.74) is 2.79. The maximum atomic E-state index is 5.99. The van der Waals surface area contributed by atoms with Crippen LogP contribution >= 0.6 is 0 Å². The number of nitrogens with zero attached hydrogens (tertiary/aromatic N) is 2. The molecule has 5 heteroatoms. The average molecular weight is 331 g/mol. The molecule has 1 saturated heterocycles. The molecule has 1 atom stereocenters. The Balaban J connectivity index is 2.04. The molecule has 2 aromatic rings. The number of ether oxygens (including phenoxy) is 2. The molecule has 3 rings (SSSR count). The lowest BCUT2D eigenvalue weighted by atomic mass is 10.1. The summed E-state index contributed by atoms with van der Waals surface area (Å²) < 4.78 is 14.3. The zero-order valence-electron chi connectivity index (χ0n) is 15.3. The van der Waals surface area contributed by atoms with E-state index in [0.29, 0.717) is 6.61 Å². The van der Waals surface area contributed by atoms with E-state index >= 15 is 0 Å². The summed E-state index contributed by atoms with van der Waals surface area (Å²) in [6.45, 7) is 8.58. The highest BCUT2D eigenvalue weighted by Gasteiger charge is 2.29. The number of rotatable bonds is 6. The monoisotopic (exact) mass is 331 g/mol. The third-order valence-corrected chi connectivity index (χ3v) is 4.74. The van der Waals surface area contributed by atoms with Crippen LogP contribution in [0.3, 0.4) is 0 Å². The highest BCUT2D eigenvalue weighted by molar-refractivity contribution is 5.80. The number of nitrogens with one attached hydrogen (secondary N) is 1. The van der Waals surface area contributed by atoms with Crippen molar-refractivity contribution in [2.75, 3.05) is 25.6 Å². The van der Waals surface area contributed by atoms with Crippen LogP contribution in [0.5, 0.6) is 0 Å². The standard InChI is InChI=1S/C19H29N3O2/c1-5-24-19(2,3)18-21-16-12-14(20-4)9-10-17(16)22(18)13-15-8-6-7-11-23-15/h9-10,12,15,20H,5-8,11,13H2,1-4H3. The van der Waals surface area contributed by atoms with Crippen molar-refractivity contribution in [1.29, 1.82) is 0 Å². The zero-order chi connectivity index (χ0) is 17.2. The van der Waals surface area contributed by atoms with Gasteiger partial charge < -0.3 is 19.4 Å². The molecule has 0 saturated carbocycles. The fourth-order valence-corrected chi connectivity index (χ4v) is 3.51. The molecule has 1 N–H and O–H groups in total. The van der Waals surface area contributed by atoms with Crippen molar-refractivity contribution in [2.45, 2.75) is 58.3 Å². The summed E-state index contributed by atoms with van der Waals surface area (Å²) in [5.74, 6) is 0.974. The molecule has 0 bridgehead atoms. The molecule has 0 amide bonds. The number of fused-ring (bicyclic) bond motifs is 1. The van der Waals surface area contributed by atoms with Gasteiger partial charge >= 0.3 is 0 Å². The van der Waals surface area contributed by atoms with Crippen molar-refractivity contribution in [1.82, 2.24) is 9.55 Å². The minimum Gasteiger partial charge on any atom is -0.388 e. The lowest BCUT2D eigenvalue weighted by molar-refractivity contribution is -0.0284. The molecule has 0 aliphatic carbocycles. The van der Waals surface area contributed by atoms with Crippen LogP contribution in [0.15, 0.2) is 18.2 Å². The first kappa shape index (κ1) is 17.2. The van der Waals surface area contributed by atoms with Gasteiger partial charge in [-0.2, -0.15) is 0 Å². The van der Waals surface area contributed by atoms with E-state index in [1.807, 2.05) is 14.0 Å². The third-order valence-electron chi connectivity index (χ3n) is 4.74. The Morgan fingerprint density at radius 1 is 1.38 bits per heavy atom. The first-order chi connectivity index (χ1) is 11.5. The Hall–Kier alpha value is -1.59. The number of hydrogen-bond acceptors (Lipinski definition) is 4. The SMILES string of the molecule is CCOC(C)(C)c1nc2cc(NC)ccc2n1CC1CCCCO1. The van der Waals surface area contributed by atoms with Crippen molar-refractivity contribution in [3.8, 4) is 0 Å². The van der Waals surface area contributed by atoms with E-state index in [4.69, 9.17) is 14.5 Å². The molecule has 132 valence electrons. The van der Waals surface area contributed by atoms with E-state index in [0.717, 1.165) is 42.1 Å². The third kappa shape index (κ3) is 3.42. The molecule has 2 heterocycles. The second-order valence-electron chi connectivity index (χ2n) is 6.93. The normalized spacial score (nSPS) is 18.9. The van der Waals surface area contributed by atoms with Crippen molar-refractivity contribution in [3.63, 3.8) is 0 Å². The molecule has 1 aliphatic heterocycles. The molecule has 0 spiro atoms. The van der Waals surface area contributed by atoms with Crippen LogP contribution in [0.4, 0.5) is 5.69 Å². The molecule has 24 heavy (non-hydrogen) atoms. The molecule has 1 aromatic carbocycles. The van der Waals surface area contributed by atoms with Gasteiger partial charge in [-0.3, -0.25) is 0 Å². The highest BCUT2D eigenvalue weighted by Crippen LogP contribution is 2.30. The summed E-state index contributed by atoms with van der Waals surface area (Å²) in [6.07, 6.45) is 3.79. The number of anilines is 1. The second kappa shape index (κ2) is 7.11. The maximum absolute atomic E-state index is 5.99. The minimum atomic E-state index is -0.428. The average Bonchev–Trinajstić information content (AvgIpc) is 2.94.